The highest BCUT2D eigenvalue weighted by Crippen LogP contribution is 2.35. The van der Waals surface area contributed by atoms with Crippen molar-refractivity contribution in [3.05, 3.63) is 59.2 Å². The second-order valence-corrected chi connectivity index (χ2v) is 6.14. The van der Waals surface area contributed by atoms with Gasteiger partial charge in [-0.25, -0.2) is 0 Å². The molecule has 0 heterocycles. The normalized spacial score (nSPS) is 11.0. The van der Waals surface area contributed by atoms with Crippen molar-refractivity contribution in [1.29, 1.82) is 5.26 Å². The minimum atomic E-state index is -0.0118. The zero-order chi connectivity index (χ0) is 15.5. The monoisotopic (exact) mass is 279 g/mol. The molecule has 2 heteroatoms. The number of nitrogens with zero attached hydrogens (tertiary/aromatic N) is 1. The van der Waals surface area contributed by atoms with E-state index in [9.17, 15) is 5.26 Å². The van der Waals surface area contributed by atoms with Crippen molar-refractivity contribution in [3.8, 4) is 17.6 Å². The first-order valence-electron chi connectivity index (χ1n) is 7.26. The van der Waals surface area contributed by atoms with E-state index in [0.717, 1.165) is 17.7 Å². The van der Waals surface area contributed by atoms with Gasteiger partial charge >= 0.3 is 0 Å². The summed E-state index contributed by atoms with van der Waals surface area (Å²) < 4.78 is 6.04. The van der Waals surface area contributed by atoms with Gasteiger partial charge in [-0.3, -0.25) is 0 Å². The van der Waals surface area contributed by atoms with E-state index in [1.54, 1.807) is 6.07 Å². The third kappa shape index (κ3) is 3.44. The van der Waals surface area contributed by atoms with E-state index in [1.165, 1.54) is 5.56 Å². The molecule has 0 saturated heterocycles. The van der Waals surface area contributed by atoms with Crippen LogP contribution in [0.15, 0.2) is 42.5 Å². The van der Waals surface area contributed by atoms with Crippen molar-refractivity contribution in [1.82, 2.24) is 0 Å². The largest absolute Gasteiger partial charge is 0.456 e. The van der Waals surface area contributed by atoms with Crippen molar-refractivity contribution in [3.63, 3.8) is 0 Å². The number of aryl methyl sites for hydroxylation is 1. The molecule has 0 N–H and O–H groups in total. The van der Waals surface area contributed by atoms with Gasteiger partial charge in [0.1, 0.15) is 17.6 Å². The van der Waals surface area contributed by atoms with Crippen molar-refractivity contribution >= 4 is 0 Å². The summed E-state index contributed by atoms with van der Waals surface area (Å²) >= 11 is 0. The molecular formula is C19H21NO. The quantitative estimate of drug-likeness (QED) is 0.772. The molecule has 0 aromatic heterocycles. The summed E-state index contributed by atoms with van der Waals surface area (Å²) in [5, 5.41) is 9.18. The first-order chi connectivity index (χ1) is 9.95. The van der Waals surface area contributed by atoms with Gasteiger partial charge in [0.25, 0.3) is 0 Å². The van der Waals surface area contributed by atoms with Gasteiger partial charge in [0.15, 0.2) is 0 Å². The molecule has 2 nitrogen and oxygen atoms in total. The van der Waals surface area contributed by atoms with Gasteiger partial charge in [0, 0.05) is 5.56 Å². The number of ether oxygens (including phenoxy) is 1. The van der Waals surface area contributed by atoms with Crippen LogP contribution in [0.4, 0.5) is 0 Å². The van der Waals surface area contributed by atoms with E-state index in [2.05, 4.69) is 45.9 Å². The van der Waals surface area contributed by atoms with Crippen molar-refractivity contribution in [2.24, 2.45) is 0 Å². The third-order valence-electron chi connectivity index (χ3n) is 3.49. The molecule has 21 heavy (non-hydrogen) atoms. The zero-order valence-electron chi connectivity index (χ0n) is 13.1. The van der Waals surface area contributed by atoms with Gasteiger partial charge in [0.05, 0.1) is 5.56 Å². The molecule has 0 atom stereocenters. The average Bonchev–Trinajstić information content (AvgIpc) is 2.47. The molecular weight excluding hydrogens is 258 g/mol. The Morgan fingerprint density at radius 3 is 2.38 bits per heavy atom. The van der Waals surface area contributed by atoms with Crippen LogP contribution in [0.2, 0.25) is 0 Å². The molecule has 0 amide bonds. The van der Waals surface area contributed by atoms with E-state index in [1.807, 2.05) is 24.3 Å². The minimum absolute atomic E-state index is 0.0118. The summed E-state index contributed by atoms with van der Waals surface area (Å²) in [5.74, 6) is 1.43. The standard InChI is InChI=1S/C19H21NO/c1-5-14-10-11-18(16(12-14)19(2,3)4)21-17-9-7-6-8-15(17)13-20/h6-12H,5H2,1-4H3. The SMILES string of the molecule is CCc1ccc(Oc2ccccc2C#N)c(C(C)(C)C)c1. The predicted octanol–water partition coefficient (Wildman–Crippen LogP) is 5.21. The number of nitriles is 1. The molecule has 2 aromatic carbocycles. The molecule has 0 spiro atoms. The fourth-order valence-electron chi connectivity index (χ4n) is 2.24. The highest BCUT2D eigenvalue weighted by Gasteiger charge is 2.20. The molecule has 0 unspecified atom stereocenters. The smallest absolute Gasteiger partial charge is 0.145 e. The Morgan fingerprint density at radius 1 is 1.05 bits per heavy atom. The topological polar surface area (TPSA) is 33.0 Å². The van der Waals surface area contributed by atoms with Gasteiger partial charge in [-0.05, 0) is 35.6 Å². The fourth-order valence-corrected chi connectivity index (χ4v) is 2.24. The predicted molar refractivity (Wildman–Crippen MR) is 85.8 cm³/mol. The van der Waals surface area contributed by atoms with Crippen LogP contribution in [0.1, 0.15) is 44.4 Å². The van der Waals surface area contributed by atoms with Crippen LogP contribution in [-0.2, 0) is 11.8 Å². The van der Waals surface area contributed by atoms with E-state index in [-0.39, 0.29) is 5.41 Å². The molecule has 108 valence electrons. The van der Waals surface area contributed by atoms with Crippen LogP contribution in [-0.4, -0.2) is 0 Å². The summed E-state index contributed by atoms with van der Waals surface area (Å²) in [6, 6.07) is 15.8. The van der Waals surface area contributed by atoms with Gasteiger partial charge in [0.2, 0.25) is 0 Å². The number of hydrogen-bond donors (Lipinski definition) is 0. The van der Waals surface area contributed by atoms with Crippen LogP contribution in [0, 0.1) is 11.3 Å². The highest BCUT2D eigenvalue weighted by molar-refractivity contribution is 5.48. The average molecular weight is 279 g/mol. The van der Waals surface area contributed by atoms with Gasteiger partial charge in [-0.2, -0.15) is 5.26 Å². The molecule has 0 aliphatic rings. The molecule has 0 fully saturated rings. The molecule has 0 saturated carbocycles. The second kappa shape index (κ2) is 6.01. The second-order valence-electron chi connectivity index (χ2n) is 6.14. The van der Waals surface area contributed by atoms with Crippen LogP contribution >= 0.6 is 0 Å². The van der Waals surface area contributed by atoms with E-state index >= 15 is 0 Å². The van der Waals surface area contributed by atoms with Gasteiger partial charge in [-0.15, -0.1) is 0 Å². The summed E-state index contributed by atoms with van der Waals surface area (Å²) in [6.45, 7) is 8.66. The Morgan fingerprint density at radius 2 is 1.76 bits per heavy atom. The highest BCUT2D eigenvalue weighted by atomic mass is 16.5. The zero-order valence-corrected chi connectivity index (χ0v) is 13.1. The molecule has 0 aliphatic heterocycles. The Kier molecular flexibility index (Phi) is 4.33. The Balaban J connectivity index is 2.47. The minimum Gasteiger partial charge on any atom is -0.456 e. The summed E-state index contributed by atoms with van der Waals surface area (Å²) in [5.41, 5.74) is 3.00. The molecule has 2 rings (SSSR count). The maximum absolute atomic E-state index is 9.18. The van der Waals surface area contributed by atoms with Gasteiger partial charge in [-0.1, -0.05) is 52.0 Å². The number of rotatable bonds is 3. The molecule has 0 aliphatic carbocycles. The van der Waals surface area contributed by atoms with E-state index in [4.69, 9.17) is 4.74 Å². The Labute approximate surface area is 127 Å². The van der Waals surface area contributed by atoms with Gasteiger partial charge < -0.3 is 4.74 Å². The maximum atomic E-state index is 9.18. The Hall–Kier alpha value is -2.27. The molecule has 0 radical (unpaired) electrons. The lowest BCUT2D eigenvalue weighted by Gasteiger charge is -2.23. The van der Waals surface area contributed by atoms with Crippen LogP contribution < -0.4 is 4.74 Å². The first-order valence-corrected chi connectivity index (χ1v) is 7.26. The van der Waals surface area contributed by atoms with Crippen molar-refractivity contribution < 1.29 is 4.74 Å². The third-order valence-corrected chi connectivity index (χ3v) is 3.49. The lowest BCUT2D eigenvalue weighted by molar-refractivity contribution is 0.453. The van der Waals surface area contributed by atoms with Crippen molar-refractivity contribution in [2.45, 2.75) is 39.5 Å². The van der Waals surface area contributed by atoms with Crippen LogP contribution in [0.25, 0.3) is 0 Å². The first kappa shape index (κ1) is 15.1. The van der Waals surface area contributed by atoms with E-state index in [0.29, 0.717) is 11.3 Å². The van der Waals surface area contributed by atoms with E-state index < -0.39 is 0 Å². The lowest BCUT2D eigenvalue weighted by atomic mass is 9.85. The van der Waals surface area contributed by atoms with Crippen molar-refractivity contribution in [2.75, 3.05) is 0 Å². The fraction of sp³-hybridized carbons (Fsp3) is 0.316. The Bertz CT molecular complexity index is 675. The number of benzene rings is 2. The molecule has 2 aromatic rings. The lowest BCUT2D eigenvalue weighted by Crippen LogP contribution is -2.13. The summed E-state index contributed by atoms with van der Waals surface area (Å²) in [7, 11) is 0. The number of para-hydroxylation sites is 1. The molecule has 0 bridgehead atoms. The summed E-state index contributed by atoms with van der Waals surface area (Å²) in [6.07, 6.45) is 0.998. The summed E-state index contributed by atoms with van der Waals surface area (Å²) in [4.78, 5) is 0. The maximum Gasteiger partial charge on any atom is 0.145 e. The number of hydrogen-bond acceptors (Lipinski definition) is 2. The van der Waals surface area contributed by atoms with Crippen LogP contribution in [0.3, 0.4) is 0 Å². The van der Waals surface area contributed by atoms with Crippen LogP contribution in [0.5, 0.6) is 11.5 Å².